The fraction of sp³-hybridized carbons (Fsp3) is 0.947. The maximum Gasteiger partial charge on any atom is 2.00 e. The maximum atomic E-state index is 11.9. The molecule has 0 aliphatic rings. The van der Waals surface area contributed by atoms with E-state index in [1.807, 2.05) is 4.90 Å². The van der Waals surface area contributed by atoms with Crippen LogP contribution in [-0.4, -0.2) is 28.3 Å². The molecule has 0 aliphatic heterocycles. The fourth-order valence-electron chi connectivity index (χ4n) is 6.00. The van der Waals surface area contributed by atoms with Crippen LogP contribution in [0.1, 0.15) is 219 Å². The molecule has 0 atom stereocenters. The minimum atomic E-state index is -0.750. The number of hydrogen-bond donors (Lipinski definition) is 1. The van der Waals surface area contributed by atoms with E-state index in [9.17, 15) is 5.11 Å². The van der Waals surface area contributed by atoms with E-state index >= 15 is 0 Å². The first-order chi connectivity index (χ1) is 21.5. The minimum absolute atomic E-state index is 0. The summed E-state index contributed by atoms with van der Waals surface area (Å²) in [6, 6.07) is 0. The van der Waals surface area contributed by atoms with Crippen molar-refractivity contribution in [2.75, 3.05) is 13.1 Å². The van der Waals surface area contributed by atoms with Gasteiger partial charge in [-0.15, -0.1) is 0 Å². The first-order valence-corrected chi connectivity index (χ1v) is 20.2. The smallest absolute Gasteiger partial charge is 0.852 e. The van der Waals surface area contributed by atoms with Crippen LogP contribution in [0.4, 0.5) is 0 Å². The summed E-state index contributed by atoms with van der Waals surface area (Å²) >= 11 is 8.77. The van der Waals surface area contributed by atoms with Crippen molar-refractivity contribution in [2.24, 2.45) is 5.73 Å². The Labute approximate surface area is 306 Å². The van der Waals surface area contributed by atoms with Gasteiger partial charge in [-0.05, 0) is 12.8 Å². The second-order valence-corrected chi connectivity index (χ2v) is 13.9. The Balaban J connectivity index is -0.00000331. The number of unbranched alkanes of at least 4 members (excludes halogenated alkanes) is 30. The zero-order valence-electron chi connectivity index (χ0n) is 30.4. The van der Waals surface area contributed by atoms with E-state index in [2.05, 4.69) is 31.8 Å². The number of thiocarbonyl (C=S) groups is 2. The van der Waals surface area contributed by atoms with Crippen molar-refractivity contribution in [1.29, 1.82) is 0 Å². The van der Waals surface area contributed by atoms with Crippen LogP contribution in [-0.2, 0) is 19.5 Å². The molecule has 0 aromatic heterocycles. The van der Waals surface area contributed by atoms with Gasteiger partial charge in [0.1, 0.15) is 0 Å². The van der Waals surface area contributed by atoms with Crippen LogP contribution < -0.4 is 15.9 Å². The van der Waals surface area contributed by atoms with Gasteiger partial charge in [-0.25, -0.2) is 0 Å². The molecule has 0 unspecified atom stereocenters. The molecule has 0 heterocycles. The Morgan fingerprint density at radius 2 is 0.556 bits per heavy atom. The van der Waals surface area contributed by atoms with E-state index in [1.54, 1.807) is 0 Å². The van der Waals surface area contributed by atoms with Gasteiger partial charge >= 0.3 is 19.5 Å². The van der Waals surface area contributed by atoms with Crippen molar-refractivity contribution in [2.45, 2.75) is 219 Å². The number of rotatable bonds is 34. The quantitative estimate of drug-likeness (QED) is 0.0405. The molecule has 0 spiro atoms. The van der Waals surface area contributed by atoms with E-state index in [0.29, 0.717) is 0 Å². The summed E-state index contributed by atoms with van der Waals surface area (Å²) in [5, 5.41) is 20.0. The zero-order chi connectivity index (χ0) is 32.8. The van der Waals surface area contributed by atoms with Gasteiger partial charge in [-0.2, -0.15) is 0 Å². The van der Waals surface area contributed by atoms with Crippen LogP contribution in [0, 0.1) is 0 Å². The van der Waals surface area contributed by atoms with Gasteiger partial charge in [0.2, 0.25) is 0 Å². The molecule has 7 heteroatoms. The Morgan fingerprint density at radius 1 is 0.400 bits per heavy atom. The van der Waals surface area contributed by atoms with Crippen LogP contribution in [0.15, 0.2) is 0 Å². The normalized spacial score (nSPS) is 10.6. The van der Waals surface area contributed by atoms with Crippen molar-refractivity contribution < 1.29 is 29.7 Å². The van der Waals surface area contributed by atoms with Gasteiger partial charge in [-0.1, -0.05) is 231 Å². The molecule has 2 N–H and O–H groups in total. The molecule has 264 valence electrons. The van der Waals surface area contributed by atoms with Crippen LogP contribution in [0.25, 0.3) is 0 Å². The summed E-state index contributed by atoms with van der Waals surface area (Å²) in [5.74, 6) is 0. The maximum absolute atomic E-state index is 11.9. The van der Waals surface area contributed by atoms with Crippen molar-refractivity contribution in [1.82, 2.24) is 4.90 Å². The summed E-state index contributed by atoms with van der Waals surface area (Å²) in [7, 11) is 0. The molecule has 0 fully saturated rings. The molecule has 0 saturated heterocycles. The summed E-state index contributed by atoms with van der Waals surface area (Å²) in [4.78, 5) is 1.93. The Morgan fingerprint density at radius 3 is 0.711 bits per heavy atom. The summed E-state index contributed by atoms with van der Waals surface area (Å²) in [5.41, 5.74) is 4.29. The first kappa shape index (κ1) is 49.4. The predicted molar refractivity (Wildman–Crippen MR) is 200 cm³/mol. The second-order valence-electron chi connectivity index (χ2n) is 13.2. The average molecular weight is 723 g/mol. The van der Waals surface area contributed by atoms with Gasteiger partial charge < -0.3 is 20.8 Å². The summed E-state index contributed by atoms with van der Waals surface area (Å²) < 4.78 is 0. The fourth-order valence-corrected chi connectivity index (χ4v) is 6.18. The van der Waals surface area contributed by atoms with Crippen molar-refractivity contribution in [3.05, 3.63) is 0 Å². The molecular weight excluding hydrogens is 646 g/mol. The molecule has 0 amide bonds. The molecule has 0 aliphatic carbocycles. The van der Waals surface area contributed by atoms with Crippen LogP contribution >= 0.6 is 24.4 Å². The molecule has 45 heavy (non-hydrogen) atoms. The van der Waals surface area contributed by atoms with Gasteiger partial charge in [0.05, 0.1) is 0 Å². The Hall–Kier alpha value is 0.00338. The van der Waals surface area contributed by atoms with Crippen LogP contribution in [0.3, 0.4) is 0 Å². The molecule has 0 aromatic carbocycles. The molecule has 0 aromatic rings. The number of hydrogen-bond acceptors (Lipinski definition) is 4. The van der Waals surface area contributed by atoms with E-state index in [1.165, 1.54) is 193 Å². The summed E-state index contributed by atoms with van der Waals surface area (Å²) in [6.07, 6.45) is 44.3. The molecule has 0 rings (SSSR count). The van der Waals surface area contributed by atoms with Gasteiger partial charge in [-0.3, -0.25) is 0 Å². The van der Waals surface area contributed by atoms with Crippen molar-refractivity contribution >= 4 is 34.8 Å². The zero-order valence-corrected chi connectivity index (χ0v) is 35.0. The largest absolute Gasteiger partial charge is 2.00 e. The van der Waals surface area contributed by atoms with Gasteiger partial charge in [0.15, 0.2) is 0 Å². The van der Waals surface area contributed by atoms with Gasteiger partial charge in [0.25, 0.3) is 0 Å². The predicted octanol–water partition coefficient (Wildman–Crippen LogP) is 11.0. The second kappa shape index (κ2) is 44.0. The summed E-state index contributed by atoms with van der Waals surface area (Å²) in [6.45, 7) is 6.34. The monoisotopic (exact) mass is 720 g/mol. The number of nitrogens with two attached hydrogens (primary N) is 1. The topological polar surface area (TPSA) is 75.4 Å². The van der Waals surface area contributed by atoms with Crippen LogP contribution in [0.2, 0.25) is 0 Å². The van der Waals surface area contributed by atoms with E-state index < -0.39 is 5.17 Å². The standard InChI is InChI=1S/C37H75NOS.CH3NOS.Zn/c1-3-5-7-9-11-13-15-17-19-21-23-25-27-29-31-33-35-38(37(39)40)36-34-32-30-28-26-24-22-20-18-16-14-12-10-8-6-4-2;2-1(3)4;/h3-36H2,1-2H3,(H,39,40);(H3,2,3,4);/q;;+2/p-2. The first-order valence-electron chi connectivity index (χ1n) is 19.4. The van der Waals surface area contributed by atoms with Gasteiger partial charge in [0, 0.05) is 23.4 Å². The third-order valence-corrected chi connectivity index (χ3v) is 9.08. The van der Waals surface area contributed by atoms with E-state index in [4.69, 9.17) is 17.3 Å². The Bertz CT molecular complexity index is 544. The Kier molecular flexibility index (Phi) is 48.3. The molecule has 0 saturated carbocycles. The third kappa shape index (κ3) is 48.5. The van der Waals surface area contributed by atoms with Crippen molar-refractivity contribution in [3.63, 3.8) is 0 Å². The van der Waals surface area contributed by atoms with Crippen molar-refractivity contribution in [3.8, 4) is 0 Å². The minimum Gasteiger partial charge on any atom is -0.852 e. The third-order valence-electron chi connectivity index (χ3n) is 8.82. The molecule has 0 radical (unpaired) electrons. The molecular formula is C38H76N2O2S2Zn. The number of nitrogens with zero attached hydrogens (tertiary/aromatic N) is 1. The van der Waals surface area contributed by atoms with Crippen LogP contribution in [0.5, 0.6) is 0 Å². The SMILES string of the molecule is CCCCCCCCCCCCCCCCCCN(CCCCCCCCCCCCCCCCCC)C([O-])=S.NC([O-])=S.[Zn+2]. The van der Waals surface area contributed by atoms with E-state index in [0.717, 1.165) is 25.9 Å². The average Bonchev–Trinajstić information content (AvgIpc) is 2.99. The van der Waals surface area contributed by atoms with E-state index in [-0.39, 0.29) is 24.7 Å². The molecule has 4 nitrogen and oxygen atoms in total. The molecule has 0 bridgehead atoms.